The van der Waals surface area contributed by atoms with Crippen molar-refractivity contribution in [1.82, 2.24) is 5.01 Å². The van der Waals surface area contributed by atoms with E-state index in [4.69, 9.17) is 10.1 Å². The van der Waals surface area contributed by atoms with Crippen LogP contribution in [-0.2, 0) is 9.84 Å². The quantitative estimate of drug-likeness (QED) is 0.844. The van der Waals surface area contributed by atoms with Crippen LogP contribution < -0.4 is 4.74 Å². The molecule has 2 aliphatic heterocycles. The number of rotatable bonds is 3. The molecule has 0 radical (unpaired) electrons. The van der Waals surface area contributed by atoms with Gasteiger partial charge in [0.2, 0.25) is 0 Å². The van der Waals surface area contributed by atoms with Gasteiger partial charge in [0.25, 0.3) is 0 Å². The average Bonchev–Trinajstić information content (AvgIpc) is 2.88. The monoisotopic (exact) mass is 325 g/mol. The summed E-state index contributed by atoms with van der Waals surface area (Å²) in [5, 5.41) is 14.0. The topological polar surface area (TPSA) is 82.8 Å². The number of hydrogen-bond donors (Lipinski definition) is 1. The van der Waals surface area contributed by atoms with E-state index >= 15 is 0 Å². The second-order valence-corrected chi connectivity index (χ2v) is 8.35. The fraction of sp³-hybridized carbons (Fsp3) is 0.385. The number of thioether (sulfide) groups is 1. The van der Waals surface area contributed by atoms with Gasteiger partial charge in [-0.05, 0) is 29.8 Å². The summed E-state index contributed by atoms with van der Waals surface area (Å²) in [4.78, 5) is 0. The van der Waals surface area contributed by atoms with Crippen molar-refractivity contribution in [1.29, 1.82) is 5.41 Å². The summed E-state index contributed by atoms with van der Waals surface area (Å²) < 4.78 is 28.4. The third-order valence-corrected chi connectivity index (χ3v) is 6.63. The Balaban J connectivity index is 1.76. The molecule has 0 bridgehead atoms. The van der Waals surface area contributed by atoms with Gasteiger partial charge in [0.05, 0.1) is 30.9 Å². The molecule has 1 aromatic carbocycles. The summed E-state index contributed by atoms with van der Waals surface area (Å²) >= 11 is 1.28. The zero-order chi connectivity index (χ0) is 15.0. The van der Waals surface area contributed by atoms with Gasteiger partial charge < -0.3 is 4.74 Å². The molecular weight excluding hydrogens is 310 g/mol. The molecular formula is C13H15N3O3S2. The van der Waals surface area contributed by atoms with E-state index in [1.807, 2.05) is 24.3 Å². The van der Waals surface area contributed by atoms with E-state index in [-0.39, 0.29) is 22.8 Å². The molecule has 0 unspecified atom stereocenters. The summed E-state index contributed by atoms with van der Waals surface area (Å²) in [6.07, 6.45) is 1.64. The van der Waals surface area contributed by atoms with E-state index < -0.39 is 9.84 Å². The van der Waals surface area contributed by atoms with Crippen LogP contribution in [0, 0.1) is 5.41 Å². The zero-order valence-electron chi connectivity index (χ0n) is 11.4. The van der Waals surface area contributed by atoms with Crippen LogP contribution in [0.25, 0.3) is 0 Å². The lowest BCUT2D eigenvalue weighted by molar-refractivity contribution is 0.376. The minimum Gasteiger partial charge on any atom is -0.497 e. The SMILES string of the molecule is COc1ccc(/C=N\N2C(=N)S[C@H]3CS(=O)(=O)C[C@@H]32)cc1. The molecule has 21 heavy (non-hydrogen) atoms. The van der Waals surface area contributed by atoms with E-state index in [0.29, 0.717) is 5.17 Å². The van der Waals surface area contributed by atoms with Gasteiger partial charge in [0.1, 0.15) is 5.75 Å². The Morgan fingerprint density at radius 1 is 1.38 bits per heavy atom. The second-order valence-electron chi connectivity index (χ2n) is 4.97. The van der Waals surface area contributed by atoms with Crippen molar-refractivity contribution in [2.45, 2.75) is 11.3 Å². The van der Waals surface area contributed by atoms with Crippen molar-refractivity contribution in [3.8, 4) is 5.75 Å². The van der Waals surface area contributed by atoms with Crippen LogP contribution in [0.1, 0.15) is 5.56 Å². The summed E-state index contributed by atoms with van der Waals surface area (Å²) in [7, 11) is -1.40. The Bertz CT molecular complexity index is 685. The number of hydrazone groups is 1. The molecule has 1 N–H and O–H groups in total. The van der Waals surface area contributed by atoms with Crippen molar-refractivity contribution in [3.05, 3.63) is 29.8 Å². The molecule has 0 spiro atoms. The molecule has 2 saturated heterocycles. The third-order valence-electron chi connectivity index (χ3n) is 3.50. The molecule has 2 atom stereocenters. The number of ether oxygens (including phenoxy) is 1. The highest BCUT2D eigenvalue weighted by atomic mass is 32.2. The molecule has 8 heteroatoms. The normalized spacial score (nSPS) is 27.3. The highest BCUT2D eigenvalue weighted by Crippen LogP contribution is 2.37. The van der Waals surface area contributed by atoms with Crippen LogP contribution in [0.3, 0.4) is 0 Å². The van der Waals surface area contributed by atoms with E-state index in [2.05, 4.69) is 5.10 Å². The van der Waals surface area contributed by atoms with Crippen molar-refractivity contribution >= 4 is 33.0 Å². The highest BCUT2D eigenvalue weighted by molar-refractivity contribution is 8.15. The maximum Gasteiger partial charge on any atom is 0.177 e. The van der Waals surface area contributed by atoms with Crippen LogP contribution in [0.4, 0.5) is 0 Å². The highest BCUT2D eigenvalue weighted by Gasteiger charge is 2.48. The van der Waals surface area contributed by atoms with Crippen LogP contribution in [-0.4, -0.2) is 54.7 Å². The molecule has 6 nitrogen and oxygen atoms in total. The van der Waals surface area contributed by atoms with Crippen molar-refractivity contribution in [2.75, 3.05) is 18.6 Å². The molecule has 0 aromatic heterocycles. The van der Waals surface area contributed by atoms with Gasteiger partial charge in [-0.25, -0.2) is 13.4 Å². The number of nitrogens with one attached hydrogen (secondary N) is 1. The fourth-order valence-corrected chi connectivity index (χ4v) is 6.16. The van der Waals surface area contributed by atoms with Gasteiger partial charge in [-0.2, -0.15) is 5.10 Å². The average molecular weight is 325 g/mol. The first kappa shape index (κ1) is 14.4. The van der Waals surface area contributed by atoms with E-state index in [9.17, 15) is 8.42 Å². The van der Waals surface area contributed by atoms with Crippen LogP contribution in [0.5, 0.6) is 5.75 Å². The van der Waals surface area contributed by atoms with Crippen LogP contribution in [0.15, 0.2) is 29.4 Å². The number of methoxy groups -OCH3 is 1. The molecule has 1 aromatic rings. The van der Waals surface area contributed by atoms with Gasteiger partial charge in [0.15, 0.2) is 15.0 Å². The van der Waals surface area contributed by atoms with Gasteiger partial charge in [-0.3, -0.25) is 5.41 Å². The molecule has 2 aliphatic rings. The first-order chi connectivity index (χ1) is 9.98. The summed E-state index contributed by atoms with van der Waals surface area (Å²) in [5.74, 6) is 0.977. The summed E-state index contributed by atoms with van der Waals surface area (Å²) in [5.41, 5.74) is 0.873. The predicted octanol–water partition coefficient (Wildman–Crippen LogP) is 1.18. The van der Waals surface area contributed by atoms with E-state index in [0.717, 1.165) is 11.3 Å². The van der Waals surface area contributed by atoms with E-state index in [1.165, 1.54) is 16.8 Å². The van der Waals surface area contributed by atoms with Gasteiger partial charge in [0, 0.05) is 5.25 Å². The summed E-state index contributed by atoms with van der Waals surface area (Å²) in [6.45, 7) is 0. The number of amidine groups is 1. The Morgan fingerprint density at radius 3 is 2.76 bits per heavy atom. The number of sulfone groups is 1. The fourth-order valence-electron chi connectivity index (χ4n) is 2.44. The molecule has 2 heterocycles. The Hall–Kier alpha value is -1.54. The number of nitrogens with zero attached hydrogens (tertiary/aromatic N) is 2. The molecule has 112 valence electrons. The first-order valence-electron chi connectivity index (χ1n) is 6.41. The lowest BCUT2D eigenvalue weighted by Crippen LogP contribution is -2.32. The van der Waals surface area contributed by atoms with Crippen LogP contribution in [0.2, 0.25) is 0 Å². The lowest BCUT2D eigenvalue weighted by atomic mass is 10.2. The number of fused-ring (bicyclic) bond motifs is 1. The molecule has 0 aliphatic carbocycles. The maximum absolute atomic E-state index is 11.7. The summed E-state index contributed by atoms with van der Waals surface area (Å²) in [6, 6.07) is 7.15. The standard InChI is InChI=1S/C13H15N3O3S2/c1-19-10-4-2-9(3-5-10)6-15-16-11-7-21(17,18)8-12(11)20-13(16)14/h2-6,11-12,14H,7-8H2,1H3/b14-13?,15-6-/t11-,12-/m0/s1. The molecule has 3 rings (SSSR count). The van der Waals surface area contributed by atoms with Gasteiger partial charge >= 0.3 is 0 Å². The molecule has 0 saturated carbocycles. The van der Waals surface area contributed by atoms with Crippen molar-refractivity contribution in [3.63, 3.8) is 0 Å². The van der Waals surface area contributed by atoms with Crippen molar-refractivity contribution < 1.29 is 13.2 Å². The van der Waals surface area contributed by atoms with E-state index in [1.54, 1.807) is 13.3 Å². The maximum atomic E-state index is 11.7. The minimum absolute atomic E-state index is 0.0736. The lowest BCUT2D eigenvalue weighted by Gasteiger charge is -2.17. The Labute approximate surface area is 127 Å². The molecule has 0 amide bonds. The predicted molar refractivity (Wildman–Crippen MR) is 84.0 cm³/mol. The van der Waals surface area contributed by atoms with Gasteiger partial charge in [-0.1, -0.05) is 11.8 Å². The first-order valence-corrected chi connectivity index (χ1v) is 9.11. The molecule has 2 fully saturated rings. The second kappa shape index (κ2) is 5.34. The smallest absolute Gasteiger partial charge is 0.177 e. The van der Waals surface area contributed by atoms with Crippen molar-refractivity contribution in [2.24, 2.45) is 5.10 Å². The third kappa shape index (κ3) is 2.91. The largest absolute Gasteiger partial charge is 0.497 e. The zero-order valence-corrected chi connectivity index (χ0v) is 13.0. The Morgan fingerprint density at radius 2 is 2.10 bits per heavy atom. The van der Waals surface area contributed by atoms with Crippen LogP contribution >= 0.6 is 11.8 Å². The van der Waals surface area contributed by atoms with Gasteiger partial charge in [-0.15, -0.1) is 0 Å². The number of hydrogen-bond acceptors (Lipinski definition) is 6. The minimum atomic E-state index is -3.00. The Kier molecular flexibility index (Phi) is 3.66. The number of benzene rings is 1.